The molecule has 3 nitrogen and oxygen atoms in total. The van der Waals surface area contributed by atoms with Gasteiger partial charge in [0.25, 0.3) is 5.91 Å². The van der Waals surface area contributed by atoms with E-state index in [0.29, 0.717) is 6.54 Å². The van der Waals surface area contributed by atoms with Crippen LogP contribution in [-0.2, 0) is 4.79 Å². The second-order valence-corrected chi connectivity index (χ2v) is 5.94. The second kappa shape index (κ2) is 7.25. The van der Waals surface area contributed by atoms with Crippen molar-refractivity contribution in [1.29, 1.82) is 0 Å². The van der Waals surface area contributed by atoms with E-state index in [1.807, 2.05) is 20.9 Å². The van der Waals surface area contributed by atoms with E-state index in [-0.39, 0.29) is 5.91 Å². The van der Waals surface area contributed by atoms with Crippen molar-refractivity contribution in [3.05, 3.63) is 40.5 Å². The van der Waals surface area contributed by atoms with Gasteiger partial charge in [0.2, 0.25) is 0 Å². The van der Waals surface area contributed by atoms with Gasteiger partial charge in [0.05, 0.1) is 13.6 Å². The lowest BCUT2D eigenvalue weighted by Crippen LogP contribution is -3.09. The van der Waals surface area contributed by atoms with Gasteiger partial charge in [-0.1, -0.05) is 23.3 Å². The summed E-state index contributed by atoms with van der Waals surface area (Å²) < 4.78 is 0. The van der Waals surface area contributed by atoms with Gasteiger partial charge in [-0.15, -0.1) is 0 Å². The number of hydrogen-bond donors (Lipinski definition) is 2. The molecule has 0 radical (unpaired) electrons. The molecule has 0 spiro atoms. The Morgan fingerprint density at radius 1 is 1.20 bits per heavy atom. The van der Waals surface area contributed by atoms with Crippen molar-refractivity contribution in [2.45, 2.75) is 34.6 Å². The predicted octanol–water partition coefficient (Wildman–Crippen LogP) is 2.03. The topological polar surface area (TPSA) is 33.5 Å². The van der Waals surface area contributed by atoms with Gasteiger partial charge < -0.3 is 10.2 Å². The van der Waals surface area contributed by atoms with Crippen LogP contribution in [0.15, 0.2) is 23.8 Å². The van der Waals surface area contributed by atoms with Gasteiger partial charge in [-0.2, -0.15) is 0 Å². The number of likely N-dealkylation sites (N-methyl/N-ethyl adjacent to an activating group) is 1. The van der Waals surface area contributed by atoms with Crippen LogP contribution in [0, 0.1) is 20.8 Å². The van der Waals surface area contributed by atoms with E-state index in [4.69, 9.17) is 0 Å². The summed E-state index contributed by atoms with van der Waals surface area (Å²) in [6.07, 6.45) is 2.16. The van der Waals surface area contributed by atoms with Gasteiger partial charge in [0.15, 0.2) is 6.54 Å². The molecule has 1 aromatic carbocycles. The van der Waals surface area contributed by atoms with Crippen LogP contribution in [0.25, 0.3) is 0 Å². The van der Waals surface area contributed by atoms with Crippen molar-refractivity contribution in [2.24, 2.45) is 0 Å². The fourth-order valence-corrected chi connectivity index (χ4v) is 2.29. The highest BCUT2D eigenvalue weighted by Gasteiger charge is 2.12. The highest BCUT2D eigenvalue weighted by molar-refractivity contribution is 5.93. The Labute approximate surface area is 122 Å². The number of amides is 1. The lowest BCUT2D eigenvalue weighted by atomic mass is 10.1. The summed E-state index contributed by atoms with van der Waals surface area (Å²) in [4.78, 5) is 13.3. The molecule has 0 saturated heterocycles. The molecule has 20 heavy (non-hydrogen) atoms. The highest BCUT2D eigenvalue weighted by Crippen LogP contribution is 2.21. The van der Waals surface area contributed by atoms with E-state index in [1.165, 1.54) is 16.0 Å². The zero-order valence-electron chi connectivity index (χ0n) is 13.6. The monoisotopic (exact) mass is 275 g/mol. The van der Waals surface area contributed by atoms with Crippen molar-refractivity contribution >= 4 is 11.6 Å². The van der Waals surface area contributed by atoms with E-state index in [9.17, 15) is 4.79 Å². The van der Waals surface area contributed by atoms with Crippen molar-refractivity contribution in [2.75, 3.05) is 25.5 Å². The van der Waals surface area contributed by atoms with Gasteiger partial charge in [-0.05, 0) is 51.8 Å². The molecule has 1 unspecified atom stereocenters. The predicted molar refractivity (Wildman–Crippen MR) is 85.3 cm³/mol. The Balaban J connectivity index is 2.65. The number of quaternary nitrogens is 1. The van der Waals surface area contributed by atoms with Gasteiger partial charge in [0.1, 0.15) is 0 Å². The molecule has 0 heterocycles. The minimum absolute atomic E-state index is 0.0692. The average molecular weight is 275 g/mol. The van der Waals surface area contributed by atoms with E-state index in [2.05, 4.69) is 44.3 Å². The van der Waals surface area contributed by atoms with Gasteiger partial charge >= 0.3 is 0 Å². The fraction of sp³-hybridized carbons (Fsp3) is 0.471. The molecule has 110 valence electrons. The third-order valence-corrected chi connectivity index (χ3v) is 3.26. The van der Waals surface area contributed by atoms with Crippen LogP contribution in [-0.4, -0.2) is 26.0 Å². The molecule has 0 aliphatic carbocycles. The summed E-state index contributed by atoms with van der Waals surface area (Å²) in [5.74, 6) is 0.0692. The summed E-state index contributed by atoms with van der Waals surface area (Å²) in [6, 6.07) is 4.20. The summed E-state index contributed by atoms with van der Waals surface area (Å²) in [6.45, 7) is 11.7. The van der Waals surface area contributed by atoms with E-state index in [1.54, 1.807) is 0 Å². The maximum Gasteiger partial charge on any atom is 0.279 e. The molecule has 0 fully saturated rings. The summed E-state index contributed by atoms with van der Waals surface area (Å²) >= 11 is 0. The fourth-order valence-electron chi connectivity index (χ4n) is 2.29. The van der Waals surface area contributed by atoms with Crippen LogP contribution < -0.4 is 10.2 Å². The molecule has 0 aromatic heterocycles. The van der Waals surface area contributed by atoms with Gasteiger partial charge in [0, 0.05) is 5.69 Å². The largest absolute Gasteiger partial charge is 0.326 e. The normalized spacial score (nSPS) is 11.9. The number of hydrogen-bond acceptors (Lipinski definition) is 1. The minimum Gasteiger partial charge on any atom is -0.326 e. The Bertz CT molecular complexity index is 491. The maximum absolute atomic E-state index is 12.1. The Hall–Kier alpha value is -1.61. The van der Waals surface area contributed by atoms with Crippen LogP contribution in [0.5, 0.6) is 0 Å². The number of allylic oxidation sites excluding steroid dienone is 1. The van der Waals surface area contributed by atoms with Crippen LogP contribution in [0.1, 0.15) is 30.5 Å². The van der Waals surface area contributed by atoms with Crippen molar-refractivity contribution in [1.82, 2.24) is 0 Å². The zero-order chi connectivity index (χ0) is 15.3. The first-order chi connectivity index (χ1) is 9.29. The summed E-state index contributed by atoms with van der Waals surface area (Å²) in [5, 5.41) is 3.04. The van der Waals surface area contributed by atoms with E-state index >= 15 is 0 Å². The zero-order valence-corrected chi connectivity index (χ0v) is 13.6. The molecule has 3 heteroatoms. The number of carbonyl (C=O) groups is 1. The molecule has 1 amide bonds. The first-order valence-corrected chi connectivity index (χ1v) is 7.12. The molecule has 2 N–H and O–H groups in total. The second-order valence-electron chi connectivity index (χ2n) is 5.94. The molecular weight excluding hydrogens is 248 g/mol. The van der Waals surface area contributed by atoms with Crippen molar-refractivity contribution in [3.63, 3.8) is 0 Å². The molecule has 0 aliphatic rings. The number of nitrogens with one attached hydrogen (secondary N) is 2. The van der Waals surface area contributed by atoms with Crippen LogP contribution in [0.2, 0.25) is 0 Å². The Morgan fingerprint density at radius 3 is 2.25 bits per heavy atom. The quantitative estimate of drug-likeness (QED) is 0.792. The SMILES string of the molecule is CC(C)=CC[NH+](C)CC(=O)Nc1c(C)cc(C)cc1C. The van der Waals surface area contributed by atoms with E-state index < -0.39 is 0 Å². The molecular formula is C17H27N2O+. The lowest BCUT2D eigenvalue weighted by molar-refractivity contribution is -0.864. The van der Waals surface area contributed by atoms with Crippen LogP contribution in [0.4, 0.5) is 5.69 Å². The summed E-state index contributed by atoms with van der Waals surface area (Å²) in [7, 11) is 2.04. The molecule has 0 saturated carbocycles. The van der Waals surface area contributed by atoms with Crippen LogP contribution >= 0.6 is 0 Å². The third-order valence-electron chi connectivity index (χ3n) is 3.26. The molecule has 1 rings (SSSR count). The number of benzene rings is 1. The maximum atomic E-state index is 12.1. The smallest absolute Gasteiger partial charge is 0.279 e. The molecule has 1 aromatic rings. The first kappa shape index (κ1) is 16.4. The average Bonchev–Trinajstić information content (AvgIpc) is 2.31. The summed E-state index contributed by atoms with van der Waals surface area (Å²) in [5.41, 5.74) is 5.71. The number of aryl methyl sites for hydroxylation is 3. The standard InChI is InChI=1S/C17H26N2O/c1-12(2)7-8-19(6)11-16(20)18-17-14(4)9-13(3)10-15(17)5/h7,9-10H,8,11H2,1-6H3,(H,18,20)/p+1. The molecule has 0 aliphatic heterocycles. The number of anilines is 1. The lowest BCUT2D eigenvalue weighted by Gasteiger charge is -2.15. The third kappa shape index (κ3) is 5.17. The van der Waals surface area contributed by atoms with Crippen molar-refractivity contribution in [3.8, 4) is 0 Å². The van der Waals surface area contributed by atoms with Gasteiger partial charge in [-0.3, -0.25) is 4.79 Å². The Morgan fingerprint density at radius 2 is 1.75 bits per heavy atom. The molecule has 0 bridgehead atoms. The minimum atomic E-state index is 0.0692. The van der Waals surface area contributed by atoms with Gasteiger partial charge in [-0.25, -0.2) is 0 Å². The first-order valence-electron chi connectivity index (χ1n) is 7.12. The number of rotatable bonds is 5. The van der Waals surface area contributed by atoms with Crippen LogP contribution in [0.3, 0.4) is 0 Å². The molecule has 1 atom stereocenters. The van der Waals surface area contributed by atoms with Crippen molar-refractivity contribution < 1.29 is 9.69 Å². The number of carbonyl (C=O) groups excluding carboxylic acids is 1. The van der Waals surface area contributed by atoms with E-state index in [0.717, 1.165) is 23.4 Å². The highest BCUT2D eigenvalue weighted by atomic mass is 16.2. The Kier molecular flexibility index (Phi) is 5.96.